The van der Waals surface area contributed by atoms with E-state index in [0.29, 0.717) is 0 Å². The summed E-state index contributed by atoms with van der Waals surface area (Å²) >= 11 is 0. The number of fused-ring (bicyclic) bond motifs is 2. The van der Waals surface area contributed by atoms with Gasteiger partial charge in [0, 0.05) is 11.1 Å². The summed E-state index contributed by atoms with van der Waals surface area (Å²) in [4.78, 5) is 12.5. The highest BCUT2D eigenvalue weighted by Crippen LogP contribution is 2.54. The van der Waals surface area contributed by atoms with Gasteiger partial charge in [-0.15, -0.1) is 0 Å². The van der Waals surface area contributed by atoms with Crippen LogP contribution in [0.1, 0.15) is 55.3 Å². The van der Waals surface area contributed by atoms with Gasteiger partial charge in [-0.3, -0.25) is 4.79 Å². The monoisotopic (exact) mass is 269 g/mol. The number of hydrogen-bond donors (Lipinski definition) is 1. The van der Waals surface area contributed by atoms with Crippen molar-refractivity contribution in [3.05, 3.63) is 35.9 Å². The average molecular weight is 269 g/mol. The first-order chi connectivity index (χ1) is 9.74. The van der Waals surface area contributed by atoms with Gasteiger partial charge in [0.15, 0.2) is 0 Å². The molecule has 1 amide bonds. The molecule has 4 atom stereocenters. The SMILES string of the molecule is O=C(NC12CCCC3CC(CC3C1)C2)c1ccccc1. The molecule has 3 aliphatic rings. The third-order valence-electron chi connectivity index (χ3n) is 5.92. The molecular weight excluding hydrogens is 246 g/mol. The van der Waals surface area contributed by atoms with Crippen LogP contribution in [0.2, 0.25) is 0 Å². The molecule has 3 aliphatic carbocycles. The van der Waals surface area contributed by atoms with Gasteiger partial charge in [-0.25, -0.2) is 0 Å². The van der Waals surface area contributed by atoms with Crippen molar-refractivity contribution in [3.63, 3.8) is 0 Å². The molecule has 0 radical (unpaired) electrons. The van der Waals surface area contributed by atoms with Gasteiger partial charge >= 0.3 is 0 Å². The van der Waals surface area contributed by atoms with E-state index in [-0.39, 0.29) is 11.4 Å². The van der Waals surface area contributed by atoms with Crippen molar-refractivity contribution in [2.24, 2.45) is 17.8 Å². The molecule has 2 nitrogen and oxygen atoms in total. The Bertz CT molecular complexity index is 511. The van der Waals surface area contributed by atoms with Crippen LogP contribution >= 0.6 is 0 Å². The number of amides is 1. The first-order valence-corrected chi connectivity index (χ1v) is 8.12. The van der Waals surface area contributed by atoms with E-state index in [0.717, 1.165) is 23.3 Å². The fraction of sp³-hybridized carbons (Fsp3) is 0.611. The van der Waals surface area contributed by atoms with E-state index in [1.54, 1.807) is 0 Å². The van der Waals surface area contributed by atoms with Crippen molar-refractivity contribution < 1.29 is 4.79 Å². The number of carbonyl (C=O) groups is 1. The highest BCUT2D eigenvalue weighted by atomic mass is 16.1. The fourth-order valence-corrected chi connectivity index (χ4v) is 5.22. The maximum atomic E-state index is 12.5. The van der Waals surface area contributed by atoms with Gasteiger partial charge in [0.05, 0.1) is 0 Å². The molecule has 3 saturated carbocycles. The zero-order chi connectivity index (χ0) is 13.6. The standard InChI is InChI=1S/C18H23NO/c20-17(14-5-2-1-3-6-14)19-18-8-4-7-15-9-13(11-18)10-16(15)12-18/h1-3,5-6,13,15-16H,4,7-12H2,(H,19,20). The first-order valence-electron chi connectivity index (χ1n) is 8.12. The van der Waals surface area contributed by atoms with E-state index < -0.39 is 0 Å². The van der Waals surface area contributed by atoms with Crippen molar-refractivity contribution >= 4 is 5.91 Å². The van der Waals surface area contributed by atoms with E-state index in [1.807, 2.05) is 30.3 Å². The lowest BCUT2D eigenvalue weighted by Crippen LogP contribution is -2.51. The number of benzene rings is 1. The minimum Gasteiger partial charge on any atom is -0.347 e. The molecule has 2 heteroatoms. The van der Waals surface area contributed by atoms with Crippen LogP contribution < -0.4 is 5.32 Å². The quantitative estimate of drug-likeness (QED) is 0.870. The van der Waals surface area contributed by atoms with Gasteiger partial charge in [-0.2, -0.15) is 0 Å². The highest BCUT2D eigenvalue weighted by molar-refractivity contribution is 5.94. The lowest BCUT2D eigenvalue weighted by atomic mass is 9.73. The second-order valence-electron chi connectivity index (χ2n) is 7.26. The number of nitrogens with one attached hydrogen (secondary N) is 1. The fourth-order valence-electron chi connectivity index (χ4n) is 5.22. The molecule has 3 bridgehead atoms. The normalized spacial score (nSPS) is 38.5. The predicted molar refractivity (Wildman–Crippen MR) is 79.4 cm³/mol. The maximum Gasteiger partial charge on any atom is 0.251 e. The van der Waals surface area contributed by atoms with Crippen molar-refractivity contribution in [3.8, 4) is 0 Å². The molecule has 4 rings (SSSR count). The van der Waals surface area contributed by atoms with E-state index in [2.05, 4.69) is 5.32 Å². The van der Waals surface area contributed by atoms with Crippen molar-refractivity contribution in [1.82, 2.24) is 5.32 Å². The lowest BCUT2D eigenvalue weighted by molar-refractivity contribution is 0.0824. The summed E-state index contributed by atoms with van der Waals surface area (Å²) in [6.45, 7) is 0. The van der Waals surface area contributed by atoms with Crippen LogP contribution in [0.15, 0.2) is 30.3 Å². The Morgan fingerprint density at radius 3 is 2.75 bits per heavy atom. The van der Waals surface area contributed by atoms with E-state index >= 15 is 0 Å². The number of rotatable bonds is 2. The van der Waals surface area contributed by atoms with Gasteiger partial charge in [0.25, 0.3) is 5.91 Å². The van der Waals surface area contributed by atoms with Crippen LogP contribution in [0.3, 0.4) is 0 Å². The van der Waals surface area contributed by atoms with Gasteiger partial charge < -0.3 is 5.32 Å². The molecule has 1 aromatic carbocycles. The molecule has 1 N–H and O–H groups in total. The molecule has 106 valence electrons. The summed E-state index contributed by atoms with van der Waals surface area (Å²) < 4.78 is 0. The average Bonchev–Trinajstić information content (AvgIpc) is 2.67. The zero-order valence-corrected chi connectivity index (χ0v) is 12.0. The molecule has 0 spiro atoms. The number of hydrogen-bond acceptors (Lipinski definition) is 1. The zero-order valence-electron chi connectivity index (χ0n) is 12.0. The molecule has 0 heterocycles. The summed E-state index contributed by atoms with van der Waals surface area (Å²) in [6, 6.07) is 9.69. The van der Waals surface area contributed by atoms with Crippen LogP contribution in [0.4, 0.5) is 0 Å². The largest absolute Gasteiger partial charge is 0.347 e. The molecule has 0 aromatic heterocycles. The van der Waals surface area contributed by atoms with Gasteiger partial charge in [-0.1, -0.05) is 31.0 Å². The van der Waals surface area contributed by atoms with Crippen LogP contribution in [0.5, 0.6) is 0 Å². The molecule has 3 fully saturated rings. The molecule has 20 heavy (non-hydrogen) atoms. The lowest BCUT2D eigenvalue weighted by Gasteiger charge is -2.41. The minimum atomic E-state index is 0.103. The van der Waals surface area contributed by atoms with Crippen LogP contribution in [-0.2, 0) is 0 Å². The summed E-state index contributed by atoms with van der Waals surface area (Å²) in [7, 11) is 0. The summed E-state index contributed by atoms with van der Waals surface area (Å²) in [5.41, 5.74) is 0.909. The van der Waals surface area contributed by atoms with Crippen molar-refractivity contribution in [1.29, 1.82) is 0 Å². The maximum absolute atomic E-state index is 12.5. The van der Waals surface area contributed by atoms with Gasteiger partial charge in [0.2, 0.25) is 0 Å². The Morgan fingerprint density at radius 2 is 1.90 bits per heavy atom. The van der Waals surface area contributed by atoms with Crippen molar-refractivity contribution in [2.75, 3.05) is 0 Å². The highest BCUT2D eigenvalue weighted by Gasteiger charge is 2.50. The molecule has 1 aromatic rings. The van der Waals surface area contributed by atoms with E-state index in [4.69, 9.17) is 0 Å². The first kappa shape index (κ1) is 12.4. The molecule has 0 saturated heterocycles. The predicted octanol–water partition coefficient (Wildman–Crippen LogP) is 3.78. The van der Waals surface area contributed by atoms with E-state index in [1.165, 1.54) is 44.9 Å². The Labute approximate surface area is 121 Å². The third-order valence-corrected chi connectivity index (χ3v) is 5.92. The van der Waals surface area contributed by atoms with Gasteiger partial charge in [0.1, 0.15) is 0 Å². The topological polar surface area (TPSA) is 29.1 Å². The number of carbonyl (C=O) groups excluding carboxylic acids is 1. The van der Waals surface area contributed by atoms with Crippen LogP contribution in [0.25, 0.3) is 0 Å². The Morgan fingerprint density at radius 1 is 1.10 bits per heavy atom. The van der Waals surface area contributed by atoms with Crippen LogP contribution in [-0.4, -0.2) is 11.4 Å². The Balaban J connectivity index is 1.57. The summed E-state index contributed by atoms with van der Waals surface area (Å²) in [6.07, 6.45) is 9.18. The van der Waals surface area contributed by atoms with Crippen LogP contribution in [0, 0.1) is 17.8 Å². The van der Waals surface area contributed by atoms with Crippen molar-refractivity contribution in [2.45, 2.75) is 50.5 Å². The third kappa shape index (κ3) is 2.06. The summed E-state index contributed by atoms with van der Waals surface area (Å²) in [5, 5.41) is 3.44. The molecule has 0 aliphatic heterocycles. The molecule has 4 unspecified atom stereocenters. The molecular formula is C18H23NO. The second kappa shape index (κ2) is 4.61. The minimum absolute atomic E-state index is 0.103. The second-order valence-corrected chi connectivity index (χ2v) is 7.26. The van der Waals surface area contributed by atoms with Gasteiger partial charge in [-0.05, 0) is 62.0 Å². The smallest absolute Gasteiger partial charge is 0.251 e. The summed E-state index contributed by atoms with van der Waals surface area (Å²) in [5.74, 6) is 2.84. The Hall–Kier alpha value is -1.31. The Kier molecular flexibility index (Phi) is 2.87. The van der Waals surface area contributed by atoms with E-state index in [9.17, 15) is 4.79 Å².